The molecule has 14 heavy (non-hydrogen) atoms. The van der Waals surface area contributed by atoms with Crippen molar-refractivity contribution >= 4 is 34.9 Å². The average molecular weight is 249 g/mol. The molecule has 0 radical (unpaired) electrons. The fourth-order valence-corrected chi connectivity index (χ4v) is 3.41. The molecule has 0 amide bonds. The largest absolute Gasteiger partial charge is 0.320 e. The van der Waals surface area contributed by atoms with Gasteiger partial charge in [-0.25, -0.2) is 0 Å². The van der Waals surface area contributed by atoms with Crippen molar-refractivity contribution in [2.75, 3.05) is 25.6 Å². The number of hydrogen-bond acceptors (Lipinski definition) is 6. The highest BCUT2D eigenvalue weighted by Gasteiger charge is 2.02. The molecule has 1 N–H and O–H groups in total. The van der Waals surface area contributed by atoms with Crippen LogP contribution in [0, 0.1) is 0 Å². The Bertz CT molecular complexity index is 252. The smallest absolute Gasteiger partial charge is 0.175 e. The summed E-state index contributed by atoms with van der Waals surface area (Å²) < 4.78 is 2.15. The van der Waals surface area contributed by atoms with E-state index in [-0.39, 0.29) is 0 Å². The molecule has 6 heteroatoms. The summed E-state index contributed by atoms with van der Waals surface area (Å²) in [5.74, 6) is 1.14. The third-order valence-electron chi connectivity index (χ3n) is 1.61. The lowest BCUT2D eigenvalue weighted by atomic mass is 10.3. The van der Waals surface area contributed by atoms with Crippen molar-refractivity contribution in [3.63, 3.8) is 0 Å². The topological polar surface area (TPSA) is 37.8 Å². The van der Waals surface area contributed by atoms with E-state index in [2.05, 4.69) is 15.5 Å². The molecule has 0 saturated carbocycles. The van der Waals surface area contributed by atoms with Crippen LogP contribution in [0.15, 0.2) is 8.68 Å². The predicted octanol–water partition coefficient (Wildman–Crippen LogP) is 2.35. The standard InChI is InChI=1S/C8H15N3S3/c1-9-5-3-4-6-13-8-11-10-7(12-2)14-8/h9H,3-6H2,1-2H3. The quantitative estimate of drug-likeness (QED) is 0.593. The molecule has 3 nitrogen and oxygen atoms in total. The Kier molecular flexibility index (Phi) is 6.59. The molecular formula is C8H15N3S3. The molecule has 0 saturated heterocycles. The number of nitrogens with one attached hydrogen (secondary N) is 1. The number of unbranched alkanes of at least 4 members (excludes halogenated alkanes) is 1. The number of rotatable bonds is 7. The van der Waals surface area contributed by atoms with Gasteiger partial charge in [0.15, 0.2) is 8.68 Å². The van der Waals surface area contributed by atoms with Crippen LogP contribution in [-0.4, -0.2) is 35.8 Å². The zero-order valence-electron chi connectivity index (χ0n) is 8.45. The third kappa shape index (κ3) is 4.63. The first-order valence-corrected chi connectivity index (χ1v) is 7.54. The SMILES string of the molecule is CNCCCCSc1nnc(SC)s1. The first kappa shape index (κ1) is 12.3. The number of thioether (sulfide) groups is 2. The van der Waals surface area contributed by atoms with E-state index >= 15 is 0 Å². The second-order valence-electron chi connectivity index (χ2n) is 2.70. The lowest BCUT2D eigenvalue weighted by Gasteiger charge is -1.97. The summed E-state index contributed by atoms with van der Waals surface area (Å²) in [5, 5.41) is 11.3. The van der Waals surface area contributed by atoms with E-state index in [9.17, 15) is 0 Å². The fraction of sp³-hybridized carbons (Fsp3) is 0.750. The molecule has 0 atom stereocenters. The summed E-state index contributed by atoms with van der Waals surface area (Å²) in [4.78, 5) is 0. The van der Waals surface area contributed by atoms with Crippen LogP contribution in [0.25, 0.3) is 0 Å². The lowest BCUT2D eigenvalue weighted by molar-refractivity contribution is 0.714. The molecule has 0 aliphatic carbocycles. The Hall–Kier alpha value is 0.220. The highest BCUT2D eigenvalue weighted by molar-refractivity contribution is 8.02. The van der Waals surface area contributed by atoms with Crippen LogP contribution in [0.3, 0.4) is 0 Å². The van der Waals surface area contributed by atoms with Gasteiger partial charge >= 0.3 is 0 Å². The van der Waals surface area contributed by atoms with Gasteiger partial charge in [0.25, 0.3) is 0 Å². The third-order valence-corrected chi connectivity index (χ3v) is 4.73. The second-order valence-corrected chi connectivity index (χ2v) is 6.07. The van der Waals surface area contributed by atoms with Gasteiger partial charge in [0, 0.05) is 5.75 Å². The van der Waals surface area contributed by atoms with Crippen LogP contribution < -0.4 is 5.32 Å². The molecule has 0 aliphatic rings. The Balaban J connectivity index is 2.12. The van der Waals surface area contributed by atoms with Gasteiger partial charge < -0.3 is 5.32 Å². The molecule has 0 bridgehead atoms. The molecule has 0 spiro atoms. The average Bonchev–Trinajstić information content (AvgIpc) is 2.65. The Morgan fingerprint density at radius 3 is 2.71 bits per heavy atom. The van der Waals surface area contributed by atoms with E-state index in [4.69, 9.17) is 0 Å². The van der Waals surface area contributed by atoms with Gasteiger partial charge in [-0.3, -0.25) is 0 Å². The van der Waals surface area contributed by atoms with Crippen molar-refractivity contribution in [2.45, 2.75) is 21.5 Å². The summed E-state index contributed by atoms with van der Waals surface area (Å²) in [7, 11) is 1.99. The maximum absolute atomic E-state index is 4.10. The van der Waals surface area contributed by atoms with Crippen LogP contribution >= 0.6 is 34.9 Å². The van der Waals surface area contributed by atoms with E-state index in [0.717, 1.165) is 21.0 Å². The minimum Gasteiger partial charge on any atom is -0.320 e. The highest BCUT2D eigenvalue weighted by Crippen LogP contribution is 2.27. The van der Waals surface area contributed by atoms with Crippen LogP contribution in [0.2, 0.25) is 0 Å². The molecule has 0 unspecified atom stereocenters. The zero-order valence-corrected chi connectivity index (χ0v) is 10.9. The van der Waals surface area contributed by atoms with Gasteiger partial charge in [-0.1, -0.05) is 34.9 Å². The summed E-state index contributed by atoms with van der Waals surface area (Å²) in [6, 6.07) is 0. The van der Waals surface area contributed by atoms with E-state index < -0.39 is 0 Å². The fourth-order valence-electron chi connectivity index (χ4n) is 0.901. The van der Waals surface area contributed by atoms with Crippen LogP contribution in [0.1, 0.15) is 12.8 Å². The van der Waals surface area contributed by atoms with E-state index in [1.165, 1.54) is 12.8 Å². The van der Waals surface area contributed by atoms with Crippen molar-refractivity contribution in [1.82, 2.24) is 15.5 Å². The second kappa shape index (κ2) is 7.50. The van der Waals surface area contributed by atoms with Gasteiger partial charge in [-0.05, 0) is 32.7 Å². The molecule has 1 aromatic heterocycles. The molecule has 0 fully saturated rings. The zero-order chi connectivity index (χ0) is 10.2. The van der Waals surface area contributed by atoms with Crippen molar-refractivity contribution in [2.24, 2.45) is 0 Å². The molecular weight excluding hydrogens is 234 g/mol. The van der Waals surface area contributed by atoms with Crippen molar-refractivity contribution in [3.05, 3.63) is 0 Å². The monoisotopic (exact) mass is 249 g/mol. The van der Waals surface area contributed by atoms with Crippen LogP contribution in [-0.2, 0) is 0 Å². The minimum absolute atomic E-state index is 1.06. The van der Waals surface area contributed by atoms with E-state index in [0.29, 0.717) is 0 Å². The Morgan fingerprint density at radius 1 is 1.29 bits per heavy atom. The van der Waals surface area contributed by atoms with Crippen molar-refractivity contribution in [1.29, 1.82) is 0 Å². The van der Waals surface area contributed by atoms with Gasteiger partial charge in [-0.2, -0.15) is 0 Å². The van der Waals surface area contributed by atoms with Gasteiger partial charge in [0.2, 0.25) is 0 Å². The van der Waals surface area contributed by atoms with Gasteiger partial charge in [-0.15, -0.1) is 10.2 Å². The number of hydrogen-bond donors (Lipinski definition) is 1. The van der Waals surface area contributed by atoms with Crippen molar-refractivity contribution in [3.8, 4) is 0 Å². The maximum Gasteiger partial charge on any atom is 0.175 e. The van der Waals surface area contributed by atoms with Crippen LogP contribution in [0.4, 0.5) is 0 Å². The lowest BCUT2D eigenvalue weighted by Crippen LogP contribution is -2.07. The molecule has 1 rings (SSSR count). The first-order valence-electron chi connectivity index (χ1n) is 4.51. The Labute approximate surface area is 97.5 Å². The minimum atomic E-state index is 1.06. The molecule has 0 aromatic carbocycles. The summed E-state index contributed by atoms with van der Waals surface area (Å²) in [5.41, 5.74) is 0. The predicted molar refractivity (Wildman–Crippen MR) is 65.6 cm³/mol. The summed E-state index contributed by atoms with van der Waals surface area (Å²) in [6.07, 6.45) is 4.50. The van der Waals surface area contributed by atoms with Crippen LogP contribution in [0.5, 0.6) is 0 Å². The van der Waals surface area contributed by atoms with Gasteiger partial charge in [0.1, 0.15) is 0 Å². The highest BCUT2D eigenvalue weighted by atomic mass is 32.2. The molecule has 0 aliphatic heterocycles. The normalized spacial score (nSPS) is 10.7. The van der Waals surface area contributed by atoms with E-state index in [1.807, 2.05) is 25.1 Å². The van der Waals surface area contributed by atoms with E-state index in [1.54, 1.807) is 23.1 Å². The summed E-state index contributed by atoms with van der Waals surface area (Å²) in [6.45, 7) is 1.10. The number of aromatic nitrogens is 2. The first-order chi connectivity index (χ1) is 6.86. The summed E-state index contributed by atoms with van der Waals surface area (Å²) >= 11 is 5.15. The Morgan fingerprint density at radius 2 is 2.07 bits per heavy atom. The van der Waals surface area contributed by atoms with Gasteiger partial charge in [0.05, 0.1) is 0 Å². The molecule has 1 heterocycles. The molecule has 80 valence electrons. The maximum atomic E-state index is 4.10. The van der Waals surface area contributed by atoms with Crippen molar-refractivity contribution < 1.29 is 0 Å². The number of nitrogens with zero attached hydrogens (tertiary/aromatic N) is 2. The molecule has 1 aromatic rings.